The molecule has 0 aliphatic carbocycles. The molecule has 14 heavy (non-hydrogen) atoms. The van der Waals surface area contributed by atoms with Crippen molar-refractivity contribution < 1.29 is 14.3 Å². The van der Waals surface area contributed by atoms with Gasteiger partial charge in [-0.3, -0.25) is 14.5 Å². The van der Waals surface area contributed by atoms with Crippen molar-refractivity contribution in [1.29, 1.82) is 0 Å². The highest BCUT2D eigenvalue weighted by Gasteiger charge is 2.23. The molecule has 1 atom stereocenters. The molecule has 0 aliphatic heterocycles. The quantitative estimate of drug-likeness (QED) is 0.617. The molecule has 0 heterocycles. The third-order valence-electron chi connectivity index (χ3n) is 1.84. The lowest BCUT2D eigenvalue weighted by Gasteiger charge is -2.21. The summed E-state index contributed by atoms with van der Waals surface area (Å²) in [5.74, 6) is -0.530. The molecule has 82 valence electrons. The number of rotatable bonds is 5. The van der Waals surface area contributed by atoms with Gasteiger partial charge in [-0.2, -0.15) is 0 Å². The predicted octanol–water partition coefficient (Wildman–Crippen LogP) is -0.384. The van der Waals surface area contributed by atoms with Crippen molar-refractivity contribution in [1.82, 2.24) is 10.2 Å². The number of esters is 1. The van der Waals surface area contributed by atoms with Gasteiger partial charge in [-0.25, -0.2) is 0 Å². The molecule has 0 bridgehead atoms. The largest absolute Gasteiger partial charge is 0.466 e. The number of carbonyl (C=O) groups is 2. The Bertz CT molecular complexity index is 204. The Morgan fingerprint density at radius 2 is 2.00 bits per heavy atom. The van der Waals surface area contributed by atoms with Crippen LogP contribution in [-0.4, -0.2) is 50.6 Å². The summed E-state index contributed by atoms with van der Waals surface area (Å²) in [4.78, 5) is 24.2. The smallest absolute Gasteiger partial charge is 0.307 e. The SMILES string of the molecule is CCOC(=O)CC(C(=O)NC)N(C)C. The standard InChI is InChI=1S/C9H18N2O3/c1-5-14-8(12)6-7(11(3)4)9(13)10-2/h7H,5-6H2,1-4H3,(H,10,13). The van der Waals surface area contributed by atoms with Crippen LogP contribution in [0.4, 0.5) is 0 Å². The molecule has 0 radical (unpaired) electrons. The minimum absolute atomic E-state index is 0.0838. The topological polar surface area (TPSA) is 58.6 Å². The van der Waals surface area contributed by atoms with Crippen LogP contribution in [-0.2, 0) is 14.3 Å². The first kappa shape index (κ1) is 12.9. The van der Waals surface area contributed by atoms with Gasteiger partial charge in [0.1, 0.15) is 0 Å². The molecular formula is C9H18N2O3. The summed E-state index contributed by atoms with van der Waals surface area (Å²) in [5, 5.41) is 2.51. The highest BCUT2D eigenvalue weighted by atomic mass is 16.5. The van der Waals surface area contributed by atoms with E-state index >= 15 is 0 Å². The maximum atomic E-state index is 11.3. The minimum Gasteiger partial charge on any atom is -0.466 e. The van der Waals surface area contributed by atoms with E-state index in [1.165, 1.54) is 0 Å². The molecule has 0 aromatic carbocycles. The molecule has 5 heteroatoms. The lowest BCUT2D eigenvalue weighted by Crippen LogP contribution is -2.43. The minimum atomic E-state index is -0.459. The van der Waals surface area contributed by atoms with Gasteiger partial charge in [0, 0.05) is 7.05 Å². The highest BCUT2D eigenvalue weighted by molar-refractivity contribution is 5.86. The van der Waals surface area contributed by atoms with Crippen LogP contribution in [0.1, 0.15) is 13.3 Å². The molecule has 0 aromatic rings. The summed E-state index contributed by atoms with van der Waals surface area (Å²) in [7, 11) is 5.04. The Labute approximate surface area is 84.4 Å². The molecule has 0 saturated carbocycles. The van der Waals surface area contributed by atoms with Crippen molar-refractivity contribution in [2.75, 3.05) is 27.7 Å². The highest BCUT2D eigenvalue weighted by Crippen LogP contribution is 2.01. The van der Waals surface area contributed by atoms with Gasteiger partial charge in [-0.1, -0.05) is 0 Å². The molecule has 0 saturated heterocycles. The third kappa shape index (κ3) is 4.23. The Kier molecular flexibility index (Phi) is 5.87. The summed E-state index contributed by atoms with van der Waals surface area (Å²) < 4.78 is 4.77. The number of carbonyl (C=O) groups excluding carboxylic acids is 2. The van der Waals surface area contributed by atoms with E-state index in [0.717, 1.165) is 0 Å². The third-order valence-corrected chi connectivity index (χ3v) is 1.84. The normalized spacial score (nSPS) is 12.4. The molecule has 0 rings (SSSR count). The molecule has 1 unspecified atom stereocenters. The summed E-state index contributed by atoms with van der Waals surface area (Å²) in [6.07, 6.45) is 0.0838. The van der Waals surface area contributed by atoms with E-state index in [9.17, 15) is 9.59 Å². The fourth-order valence-corrected chi connectivity index (χ4v) is 1.05. The second kappa shape index (κ2) is 6.37. The van der Waals surface area contributed by atoms with Gasteiger partial charge in [0.05, 0.1) is 19.1 Å². The van der Waals surface area contributed by atoms with Gasteiger partial charge >= 0.3 is 5.97 Å². The number of ether oxygens (including phenoxy) is 1. The van der Waals surface area contributed by atoms with Crippen LogP contribution >= 0.6 is 0 Å². The summed E-state index contributed by atoms with van der Waals surface area (Å²) in [6, 6.07) is -0.459. The van der Waals surface area contributed by atoms with E-state index < -0.39 is 6.04 Å². The summed E-state index contributed by atoms with van der Waals surface area (Å²) in [6.45, 7) is 2.08. The maximum Gasteiger partial charge on any atom is 0.307 e. The van der Waals surface area contributed by atoms with Gasteiger partial charge in [-0.15, -0.1) is 0 Å². The molecule has 0 aliphatic rings. The summed E-state index contributed by atoms with van der Waals surface area (Å²) in [5.41, 5.74) is 0. The monoisotopic (exact) mass is 202 g/mol. The average Bonchev–Trinajstić information content (AvgIpc) is 2.13. The summed E-state index contributed by atoms with van der Waals surface area (Å²) >= 11 is 0. The van der Waals surface area contributed by atoms with Crippen molar-refractivity contribution in [2.45, 2.75) is 19.4 Å². The van der Waals surface area contributed by atoms with E-state index in [0.29, 0.717) is 6.61 Å². The Morgan fingerprint density at radius 3 is 2.36 bits per heavy atom. The van der Waals surface area contributed by atoms with Crippen LogP contribution in [0.5, 0.6) is 0 Å². The molecule has 0 fully saturated rings. The first-order valence-corrected chi connectivity index (χ1v) is 4.56. The molecule has 5 nitrogen and oxygen atoms in total. The fourth-order valence-electron chi connectivity index (χ4n) is 1.05. The maximum absolute atomic E-state index is 11.3. The van der Waals surface area contributed by atoms with E-state index in [4.69, 9.17) is 4.74 Å². The predicted molar refractivity (Wildman–Crippen MR) is 52.8 cm³/mol. The van der Waals surface area contributed by atoms with Crippen LogP contribution < -0.4 is 5.32 Å². The average molecular weight is 202 g/mol. The molecule has 1 N–H and O–H groups in total. The van der Waals surface area contributed by atoms with Gasteiger partial charge < -0.3 is 10.1 Å². The molecule has 0 spiro atoms. The van der Waals surface area contributed by atoms with Crippen LogP contribution in [0.25, 0.3) is 0 Å². The van der Waals surface area contributed by atoms with Crippen molar-refractivity contribution >= 4 is 11.9 Å². The van der Waals surface area contributed by atoms with E-state index in [1.807, 2.05) is 0 Å². The zero-order valence-electron chi connectivity index (χ0n) is 9.16. The zero-order valence-corrected chi connectivity index (χ0v) is 9.16. The Hall–Kier alpha value is -1.10. The Balaban J connectivity index is 4.23. The second-order valence-corrected chi connectivity index (χ2v) is 3.10. The van der Waals surface area contributed by atoms with Crippen molar-refractivity contribution in [3.05, 3.63) is 0 Å². The van der Waals surface area contributed by atoms with E-state index in [2.05, 4.69) is 5.32 Å². The number of nitrogens with one attached hydrogen (secondary N) is 1. The van der Waals surface area contributed by atoms with Crippen LogP contribution in [0, 0.1) is 0 Å². The number of likely N-dealkylation sites (N-methyl/N-ethyl adjacent to an activating group) is 2. The lowest BCUT2D eigenvalue weighted by atomic mass is 10.2. The first-order chi connectivity index (χ1) is 6.52. The van der Waals surface area contributed by atoms with Crippen LogP contribution in [0.2, 0.25) is 0 Å². The van der Waals surface area contributed by atoms with E-state index in [-0.39, 0.29) is 18.3 Å². The van der Waals surface area contributed by atoms with Crippen LogP contribution in [0.15, 0.2) is 0 Å². The van der Waals surface area contributed by atoms with Gasteiger partial charge in [-0.05, 0) is 21.0 Å². The number of hydrogen-bond acceptors (Lipinski definition) is 4. The zero-order chi connectivity index (χ0) is 11.1. The number of hydrogen-bond donors (Lipinski definition) is 1. The lowest BCUT2D eigenvalue weighted by molar-refractivity contribution is -0.146. The molecule has 0 aromatic heterocycles. The Morgan fingerprint density at radius 1 is 1.43 bits per heavy atom. The number of nitrogens with zero attached hydrogens (tertiary/aromatic N) is 1. The second-order valence-electron chi connectivity index (χ2n) is 3.10. The van der Waals surface area contributed by atoms with Crippen molar-refractivity contribution in [2.24, 2.45) is 0 Å². The van der Waals surface area contributed by atoms with Gasteiger partial charge in [0.15, 0.2) is 0 Å². The van der Waals surface area contributed by atoms with Crippen molar-refractivity contribution in [3.8, 4) is 0 Å². The van der Waals surface area contributed by atoms with Crippen molar-refractivity contribution in [3.63, 3.8) is 0 Å². The first-order valence-electron chi connectivity index (χ1n) is 4.56. The van der Waals surface area contributed by atoms with Crippen LogP contribution in [0.3, 0.4) is 0 Å². The fraction of sp³-hybridized carbons (Fsp3) is 0.778. The van der Waals surface area contributed by atoms with Gasteiger partial charge in [0.2, 0.25) is 5.91 Å². The number of amides is 1. The molecule has 1 amide bonds. The van der Waals surface area contributed by atoms with E-state index in [1.54, 1.807) is 33.0 Å². The molecular weight excluding hydrogens is 184 g/mol. The van der Waals surface area contributed by atoms with Gasteiger partial charge in [0.25, 0.3) is 0 Å².